The van der Waals surface area contributed by atoms with Gasteiger partial charge in [-0.25, -0.2) is 8.78 Å². The fraction of sp³-hybridized carbons (Fsp3) is 0.320. The Hall–Kier alpha value is -3.55. The van der Waals surface area contributed by atoms with Crippen molar-refractivity contribution in [3.63, 3.8) is 0 Å². The molecule has 0 bridgehead atoms. The van der Waals surface area contributed by atoms with Gasteiger partial charge < -0.3 is 9.80 Å². The normalized spacial score (nSPS) is 14.3. The molecule has 0 atom stereocenters. The summed E-state index contributed by atoms with van der Waals surface area (Å²) in [6, 6.07) is 13.0. The molecule has 33 heavy (non-hydrogen) atoms. The maximum atomic E-state index is 13.9. The summed E-state index contributed by atoms with van der Waals surface area (Å²) in [6.45, 7) is 1.83. The second kappa shape index (κ2) is 9.94. The molecule has 0 N–H and O–H groups in total. The second-order valence-electron chi connectivity index (χ2n) is 8.42. The summed E-state index contributed by atoms with van der Waals surface area (Å²) in [5.41, 5.74) is 1.95. The van der Waals surface area contributed by atoms with E-state index in [1.165, 1.54) is 4.90 Å². The van der Waals surface area contributed by atoms with Gasteiger partial charge in [0.05, 0.1) is 18.3 Å². The molecule has 2 heterocycles. The van der Waals surface area contributed by atoms with Gasteiger partial charge in [-0.05, 0) is 30.5 Å². The number of likely N-dealkylation sites (tertiary alicyclic amines) is 1. The number of rotatable bonds is 6. The molecule has 8 heteroatoms. The number of amides is 2. The third-order valence-electron chi connectivity index (χ3n) is 5.96. The van der Waals surface area contributed by atoms with Crippen LogP contribution in [-0.4, -0.2) is 51.5 Å². The second-order valence-corrected chi connectivity index (χ2v) is 8.42. The van der Waals surface area contributed by atoms with Gasteiger partial charge in [-0.1, -0.05) is 30.3 Å². The van der Waals surface area contributed by atoms with Crippen LogP contribution in [0.1, 0.15) is 34.3 Å². The van der Waals surface area contributed by atoms with E-state index in [0.29, 0.717) is 45.1 Å². The minimum absolute atomic E-state index is 0.0193. The average Bonchev–Trinajstić information content (AvgIpc) is 3.25. The van der Waals surface area contributed by atoms with Gasteiger partial charge in [-0.3, -0.25) is 14.3 Å². The van der Waals surface area contributed by atoms with Crippen LogP contribution in [0.2, 0.25) is 0 Å². The van der Waals surface area contributed by atoms with E-state index in [0.717, 1.165) is 23.3 Å². The summed E-state index contributed by atoms with van der Waals surface area (Å²) in [5.74, 6) is -2.24. The molecular weight excluding hydrogens is 426 g/mol. The topological polar surface area (TPSA) is 58.4 Å². The highest BCUT2D eigenvalue weighted by Gasteiger charge is 2.30. The minimum atomic E-state index is -0.870. The predicted octanol–water partition coefficient (Wildman–Crippen LogP) is 3.72. The maximum Gasteiger partial charge on any atom is 0.256 e. The summed E-state index contributed by atoms with van der Waals surface area (Å²) >= 11 is 0. The summed E-state index contributed by atoms with van der Waals surface area (Å²) < 4.78 is 28.9. The number of aromatic nitrogens is 2. The zero-order valence-corrected chi connectivity index (χ0v) is 18.5. The lowest BCUT2D eigenvalue weighted by molar-refractivity contribution is -0.136. The summed E-state index contributed by atoms with van der Waals surface area (Å²) in [6.07, 6.45) is 4.72. The zero-order valence-electron chi connectivity index (χ0n) is 18.5. The largest absolute Gasteiger partial charge is 0.341 e. The van der Waals surface area contributed by atoms with Crippen LogP contribution >= 0.6 is 0 Å². The van der Waals surface area contributed by atoms with Crippen molar-refractivity contribution in [1.82, 2.24) is 19.6 Å². The van der Waals surface area contributed by atoms with Crippen LogP contribution < -0.4 is 0 Å². The Labute approximate surface area is 191 Å². The Morgan fingerprint density at radius 2 is 1.79 bits per heavy atom. The van der Waals surface area contributed by atoms with Gasteiger partial charge in [0.2, 0.25) is 5.91 Å². The molecule has 2 amide bonds. The number of carbonyl (C=O) groups is 2. The molecule has 1 aliphatic rings. The third kappa shape index (κ3) is 5.45. The van der Waals surface area contributed by atoms with E-state index < -0.39 is 17.5 Å². The van der Waals surface area contributed by atoms with Crippen LogP contribution in [0.15, 0.2) is 60.9 Å². The number of halogens is 2. The number of nitrogens with zero attached hydrogens (tertiary/aromatic N) is 4. The highest BCUT2D eigenvalue weighted by molar-refractivity contribution is 5.94. The molecule has 4 rings (SSSR count). The molecule has 1 aliphatic heterocycles. The Morgan fingerprint density at radius 3 is 2.48 bits per heavy atom. The number of carbonyl (C=O) groups excluding carboxylic acids is 2. The summed E-state index contributed by atoms with van der Waals surface area (Å²) in [4.78, 5) is 28.7. The van der Waals surface area contributed by atoms with Gasteiger partial charge >= 0.3 is 0 Å². The molecule has 3 aromatic rings. The SMILES string of the molecule is CN(Cc1cnn(Cc2ccccc2)c1)C(=O)C1CCN(C(=O)c2ccc(F)cc2F)CC1. The van der Waals surface area contributed by atoms with Crippen molar-refractivity contribution < 1.29 is 18.4 Å². The predicted molar refractivity (Wildman–Crippen MR) is 119 cm³/mol. The van der Waals surface area contributed by atoms with Gasteiger partial charge in [0, 0.05) is 50.4 Å². The van der Waals surface area contributed by atoms with E-state index in [9.17, 15) is 18.4 Å². The van der Waals surface area contributed by atoms with Crippen LogP contribution in [0.4, 0.5) is 8.78 Å². The van der Waals surface area contributed by atoms with Crippen molar-refractivity contribution in [2.45, 2.75) is 25.9 Å². The Kier molecular flexibility index (Phi) is 6.82. The first-order valence-corrected chi connectivity index (χ1v) is 11.0. The monoisotopic (exact) mass is 452 g/mol. The van der Waals surface area contributed by atoms with Crippen molar-refractivity contribution in [1.29, 1.82) is 0 Å². The molecule has 1 aromatic heterocycles. The molecule has 0 spiro atoms. The fourth-order valence-electron chi connectivity index (χ4n) is 4.17. The Bertz CT molecular complexity index is 1120. The first kappa shape index (κ1) is 22.6. The maximum absolute atomic E-state index is 13.9. The number of hydrogen-bond donors (Lipinski definition) is 0. The van der Waals surface area contributed by atoms with Gasteiger partial charge in [0.25, 0.3) is 5.91 Å². The smallest absolute Gasteiger partial charge is 0.256 e. The highest BCUT2D eigenvalue weighted by Crippen LogP contribution is 2.22. The van der Waals surface area contributed by atoms with Crippen molar-refractivity contribution in [3.05, 3.63) is 89.2 Å². The van der Waals surface area contributed by atoms with E-state index in [1.54, 1.807) is 18.1 Å². The third-order valence-corrected chi connectivity index (χ3v) is 5.96. The quantitative estimate of drug-likeness (QED) is 0.573. The highest BCUT2D eigenvalue weighted by atomic mass is 19.1. The first-order chi connectivity index (χ1) is 15.9. The van der Waals surface area contributed by atoms with Crippen LogP contribution in [0.3, 0.4) is 0 Å². The molecule has 1 saturated heterocycles. The van der Waals surface area contributed by atoms with Crippen molar-refractivity contribution in [2.75, 3.05) is 20.1 Å². The minimum Gasteiger partial charge on any atom is -0.341 e. The zero-order chi connectivity index (χ0) is 23.4. The van der Waals surface area contributed by atoms with Crippen LogP contribution in [0.5, 0.6) is 0 Å². The molecule has 0 saturated carbocycles. The standard InChI is InChI=1S/C25H26F2N4O2/c1-29(15-19-14-28-31(17-19)16-18-5-3-2-4-6-18)24(32)20-9-11-30(12-10-20)25(33)22-8-7-21(26)13-23(22)27/h2-8,13-14,17,20H,9-12,15-16H2,1H3. The number of hydrogen-bond acceptors (Lipinski definition) is 3. The Morgan fingerprint density at radius 1 is 1.06 bits per heavy atom. The van der Waals surface area contributed by atoms with Crippen LogP contribution in [0.25, 0.3) is 0 Å². The molecular formula is C25H26F2N4O2. The van der Waals surface area contributed by atoms with Gasteiger partial charge in [-0.15, -0.1) is 0 Å². The molecule has 2 aromatic carbocycles. The molecule has 1 fully saturated rings. The first-order valence-electron chi connectivity index (χ1n) is 11.0. The summed E-state index contributed by atoms with van der Waals surface area (Å²) in [7, 11) is 1.77. The van der Waals surface area contributed by atoms with Crippen molar-refractivity contribution in [2.24, 2.45) is 5.92 Å². The van der Waals surface area contributed by atoms with Gasteiger partial charge in [-0.2, -0.15) is 5.10 Å². The summed E-state index contributed by atoms with van der Waals surface area (Å²) in [5, 5.41) is 4.39. The van der Waals surface area contributed by atoms with Crippen molar-refractivity contribution in [3.8, 4) is 0 Å². The van der Waals surface area contributed by atoms with E-state index in [2.05, 4.69) is 5.10 Å². The van der Waals surface area contributed by atoms with Gasteiger partial charge in [0.15, 0.2) is 0 Å². The molecule has 0 radical (unpaired) electrons. The molecule has 6 nitrogen and oxygen atoms in total. The molecule has 0 unspecified atom stereocenters. The van der Waals surface area contributed by atoms with E-state index >= 15 is 0 Å². The van der Waals surface area contributed by atoms with Crippen LogP contribution in [-0.2, 0) is 17.9 Å². The number of benzene rings is 2. The Balaban J connectivity index is 1.29. The lowest BCUT2D eigenvalue weighted by atomic mass is 9.94. The fourth-order valence-corrected chi connectivity index (χ4v) is 4.17. The van der Waals surface area contributed by atoms with E-state index in [4.69, 9.17) is 0 Å². The molecule has 0 aliphatic carbocycles. The van der Waals surface area contributed by atoms with Crippen LogP contribution in [0, 0.1) is 17.6 Å². The lowest BCUT2D eigenvalue weighted by Crippen LogP contribution is -2.43. The van der Waals surface area contributed by atoms with E-state index in [-0.39, 0.29) is 17.4 Å². The van der Waals surface area contributed by atoms with Crippen molar-refractivity contribution >= 4 is 11.8 Å². The van der Waals surface area contributed by atoms with Gasteiger partial charge in [0.1, 0.15) is 11.6 Å². The number of piperidine rings is 1. The van der Waals surface area contributed by atoms with E-state index in [1.807, 2.05) is 41.2 Å². The average molecular weight is 453 g/mol. The lowest BCUT2D eigenvalue weighted by Gasteiger charge is -2.33. The molecule has 172 valence electrons.